The Bertz CT molecular complexity index is 1930. The van der Waals surface area contributed by atoms with E-state index in [1.807, 2.05) is 0 Å². The van der Waals surface area contributed by atoms with Crippen LogP contribution in [0.3, 0.4) is 0 Å². The Hall–Kier alpha value is -5.43. The van der Waals surface area contributed by atoms with Gasteiger partial charge in [-0.3, -0.25) is 24.4 Å². The van der Waals surface area contributed by atoms with Crippen molar-refractivity contribution in [3.8, 4) is 21.1 Å². The SMILES string of the molecule is CC(=O)O.CC(=O)O.CC(=O)O.CC1CN=C(c2ccc3c(-c4ccc(-c5cc6ccc(C7=NCC(C)N7)cc6o5)s4)c[nH]c3c2)N1. The number of aromatic nitrogens is 1. The average Bonchev–Trinajstić information content (AvgIpc) is 3.81. The van der Waals surface area contributed by atoms with E-state index in [9.17, 15) is 0 Å². The summed E-state index contributed by atoms with van der Waals surface area (Å²) in [7, 11) is 0. The Morgan fingerprint density at radius 3 is 1.85 bits per heavy atom. The Morgan fingerprint density at radius 1 is 0.766 bits per heavy atom. The molecule has 2 aliphatic heterocycles. The number of nitrogens with zero attached hydrogens (tertiary/aromatic N) is 2. The van der Waals surface area contributed by atoms with Gasteiger partial charge < -0.3 is 35.4 Å². The summed E-state index contributed by atoms with van der Waals surface area (Å²) in [6.45, 7) is 9.19. The second-order valence-corrected chi connectivity index (χ2v) is 12.1. The standard InChI is InChI=1S/C28H25N5OS.3C2H4O2/c1-15-12-30-27(32-15)18-5-6-20-21(14-29-22(20)9-18)25-7-8-26(35-25)24-10-17-3-4-19(11-23(17)34-24)28-31-13-16(2)33-28;3*1-2(3)4/h3-11,14-16,29H,12-13H2,1-2H3,(H,30,32)(H,31,33);3*1H3,(H,3,4). The van der Waals surface area contributed by atoms with Gasteiger partial charge in [0.2, 0.25) is 0 Å². The van der Waals surface area contributed by atoms with Crippen LogP contribution in [0.5, 0.6) is 0 Å². The second-order valence-electron chi connectivity index (χ2n) is 11.0. The fourth-order valence-electron chi connectivity index (χ4n) is 4.85. The van der Waals surface area contributed by atoms with Gasteiger partial charge >= 0.3 is 0 Å². The van der Waals surface area contributed by atoms with Crippen molar-refractivity contribution in [1.82, 2.24) is 15.6 Å². The molecule has 7 rings (SSSR count). The van der Waals surface area contributed by atoms with Gasteiger partial charge in [0, 0.05) is 76.9 Å². The van der Waals surface area contributed by atoms with Crippen molar-refractivity contribution in [3.63, 3.8) is 0 Å². The number of carboxylic acids is 3. The maximum absolute atomic E-state index is 9.00. The van der Waals surface area contributed by atoms with E-state index in [1.165, 1.54) is 15.8 Å². The fourth-order valence-corrected chi connectivity index (χ4v) is 5.84. The molecule has 0 fully saturated rings. The monoisotopic (exact) mass is 659 g/mol. The average molecular weight is 660 g/mol. The van der Waals surface area contributed by atoms with Crippen molar-refractivity contribution < 1.29 is 34.1 Å². The summed E-state index contributed by atoms with van der Waals surface area (Å²) < 4.78 is 6.28. The van der Waals surface area contributed by atoms with E-state index in [0.29, 0.717) is 12.1 Å². The maximum atomic E-state index is 9.00. The number of nitrogens with one attached hydrogen (secondary N) is 3. The zero-order valence-electron chi connectivity index (χ0n) is 26.6. The van der Waals surface area contributed by atoms with Crippen LogP contribution >= 0.6 is 11.3 Å². The van der Waals surface area contributed by atoms with Gasteiger partial charge in [-0.05, 0) is 44.2 Å². The van der Waals surface area contributed by atoms with Gasteiger partial charge in [0.1, 0.15) is 23.0 Å². The van der Waals surface area contributed by atoms with Crippen molar-refractivity contribution in [2.24, 2.45) is 9.98 Å². The predicted molar refractivity (Wildman–Crippen MR) is 185 cm³/mol. The molecule has 0 amide bonds. The van der Waals surface area contributed by atoms with Crippen LogP contribution in [-0.4, -0.2) is 75.1 Å². The van der Waals surface area contributed by atoms with Crippen molar-refractivity contribution >= 4 is 62.8 Å². The van der Waals surface area contributed by atoms with E-state index in [4.69, 9.17) is 34.1 Å². The van der Waals surface area contributed by atoms with Gasteiger partial charge in [-0.1, -0.05) is 24.3 Å². The summed E-state index contributed by atoms with van der Waals surface area (Å²) in [5.41, 5.74) is 5.40. The van der Waals surface area contributed by atoms with Gasteiger partial charge in [0.25, 0.3) is 17.9 Å². The summed E-state index contributed by atoms with van der Waals surface area (Å²) in [5, 5.41) is 31.4. The number of aliphatic imine (C=N–C) groups is 2. The molecule has 0 radical (unpaired) electrons. The number of aliphatic carboxylic acids is 3. The molecule has 5 aromatic rings. The topological polar surface area (TPSA) is 190 Å². The molecule has 246 valence electrons. The summed E-state index contributed by atoms with van der Waals surface area (Å²) in [5.74, 6) is 0.320. The van der Waals surface area contributed by atoms with Crippen LogP contribution in [0.15, 0.2) is 75.2 Å². The van der Waals surface area contributed by atoms with Crippen molar-refractivity contribution in [1.29, 1.82) is 0 Å². The minimum Gasteiger partial charge on any atom is -0.481 e. The van der Waals surface area contributed by atoms with E-state index in [-0.39, 0.29) is 0 Å². The van der Waals surface area contributed by atoms with Crippen LogP contribution < -0.4 is 10.6 Å². The molecular weight excluding hydrogens is 622 g/mol. The summed E-state index contributed by atoms with van der Waals surface area (Å²) in [6.07, 6.45) is 2.10. The van der Waals surface area contributed by atoms with Crippen molar-refractivity contribution in [2.75, 3.05) is 13.1 Å². The van der Waals surface area contributed by atoms with Gasteiger partial charge in [0.05, 0.1) is 18.0 Å². The summed E-state index contributed by atoms with van der Waals surface area (Å²) in [6, 6.07) is 20.0. The van der Waals surface area contributed by atoms with Crippen molar-refractivity contribution in [3.05, 3.63) is 71.9 Å². The lowest BCUT2D eigenvalue weighted by molar-refractivity contribution is -0.135. The number of H-pyrrole nitrogens is 1. The Morgan fingerprint density at radius 2 is 1.30 bits per heavy atom. The van der Waals surface area contributed by atoms with Gasteiger partial charge in [-0.25, -0.2) is 0 Å². The van der Waals surface area contributed by atoms with Crippen LogP contribution in [0.2, 0.25) is 0 Å². The molecular formula is C34H37N5O7S. The highest BCUT2D eigenvalue weighted by Crippen LogP contribution is 2.39. The molecule has 5 heterocycles. The number of carboxylic acid groups (broad SMARTS) is 3. The Labute approximate surface area is 274 Å². The van der Waals surface area contributed by atoms with Crippen LogP contribution in [0.25, 0.3) is 43.0 Å². The van der Waals surface area contributed by atoms with Crippen LogP contribution in [0.1, 0.15) is 45.7 Å². The molecule has 0 aliphatic carbocycles. The molecule has 0 saturated heterocycles. The highest BCUT2D eigenvalue weighted by Gasteiger charge is 2.18. The number of fused-ring (bicyclic) bond motifs is 2. The number of benzene rings is 2. The predicted octanol–water partition coefficient (Wildman–Crippen LogP) is 6.06. The zero-order valence-corrected chi connectivity index (χ0v) is 27.4. The highest BCUT2D eigenvalue weighted by molar-refractivity contribution is 7.18. The number of amidine groups is 2. The maximum Gasteiger partial charge on any atom is 0.300 e. The number of aromatic amines is 1. The normalized spacial score (nSPS) is 16.3. The third-order valence-electron chi connectivity index (χ3n) is 6.68. The Kier molecular flexibility index (Phi) is 11.2. The van der Waals surface area contributed by atoms with E-state index >= 15 is 0 Å². The molecule has 0 bridgehead atoms. The number of carbonyl (C=O) groups is 3. The molecule has 2 unspecified atom stereocenters. The summed E-state index contributed by atoms with van der Waals surface area (Å²) >= 11 is 1.75. The second kappa shape index (κ2) is 15.2. The van der Waals surface area contributed by atoms with Crippen LogP contribution in [-0.2, 0) is 14.4 Å². The molecule has 0 saturated carbocycles. The zero-order chi connectivity index (χ0) is 34.2. The first-order chi connectivity index (χ1) is 22.3. The molecule has 12 nitrogen and oxygen atoms in total. The van der Waals surface area contributed by atoms with E-state index in [2.05, 4.69) is 100 Å². The lowest BCUT2D eigenvalue weighted by atomic mass is 10.1. The van der Waals surface area contributed by atoms with Crippen LogP contribution in [0, 0.1) is 0 Å². The highest BCUT2D eigenvalue weighted by atomic mass is 32.1. The smallest absolute Gasteiger partial charge is 0.300 e. The third kappa shape index (κ3) is 9.30. The van der Waals surface area contributed by atoms with Crippen molar-refractivity contribution in [2.45, 2.75) is 46.7 Å². The first kappa shape index (κ1) is 34.4. The van der Waals surface area contributed by atoms with E-state index in [0.717, 1.165) is 83.8 Å². The lowest BCUT2D eigenvalue weighted by Crippen LogP contribution is -2.27. The van der Waals surface area contributed by atoms with Gasteiger partial charge in [-0.15, -0.1) is 11.3 Å². The molecule has 2 atom stereocenters. The number of rotatable bonds is 4. The first-order valence-corrected chi connectivity index (χ1v) is 15.6. The van der Waals surface area contributed by atoms with E-state index < -0.39 is 17.9 Å². The quantitative estimate of drug-likeness (QED) is 0.133. The Balaban J connectivity index is 0.000000363. The molecule has 2 aliphatic rings. The number of thiophene rings is 1. The lowest BCUT2D eigenvalue weighted by Gasteiger charge is -2.06. The number of furan rings is 1. The summed E-state index contributed by atoms with van der Waals surface area (Å²) in [4.78, 5) is 42.0. The molecule has 13 heteroatoms. The molecule has 47 heavy (non-hydrogen) atoms. The number of hydrogen-bond acceptors (Lipinski definition) is 9. The van der Waals surface area contributed by atoms with Gasteiger partial charge in [-0.2, -0.15) is 0 Å². The van der Waals surface area contributed by atoms with Crippen LogP contribution in [0.4, 0.5) is 0 Å². The molecule has 6 N–H and O–H groups in total. The first-order valence-electron chi connectivity index (χ1n) is 14.8. The minimum atomic E-state index is -0.833. The largest absolute Gasteiger partial charge is 0.481 e. The van der Waals surface area contributed by atoms with E-state index in [1.54, 1.807) is 11.3 Å². The minimum absolute atomic E-state index is 0.380. The van der Waals surface area contributed by atoms with Gasteiger partial charge in [0.15, 0.2) is 0 Å². The molecule has 3 aromatic heterocycles. The molecule has 2 aromatic carbocycles. The fraction of sp³-hybridized carbons (Fsp3) is 0.265. The molecule has 0 spiro atoms. The number of hydrogen-bond donors (Lipinski definition) is 6. The third-order valence-corrected chi connectivity index (χ3v) is 7.81.